The van der Waals surface area contributed by atoms with Crippen LogP contribution in [0.4, 0.5) is 5.69 Å². The molecule has 0 saturated carbocycles. The van der Waals surface area contributed by atoms with Crippen LogP contribution in [0, 0.1) is 0 Å². The first kappa shape index (κ1) is 10.3. The molecule has 0 amide bonds. The predicted molar refractivity (Wildman–Crippen MR) is 61.8 cm³/mol. The van der Waals surface area contributed by atoms with Gasteiger partial charge in [0.25, 0.3) is 0 Å². The molecule has 1 heterocycles. The van der Waals surface area contributed by atoms with Crippen LogP contribution in [0.2, 0.25) is 0 Å². The van der Waals surface area contributed by atoms with E-state index >= 15 is 0 Å². The summed E-state index contributed by atoms with van der Waals surface area (Å²) in [5.41, 5.74) is 7.79. The first-order chi connectivity index (χ1) is 7.22. The zero-order valence-electron chi connectivity index (χ0n) is 8.73. The Morgan fingerprint density at radius 2 is 2.13 bits per heavy atom. The third-order valence-electron chi connectivity index (χ3n) is 2.31. The fourth-order valence-electron chi connectivity index (χ4n) is 1.26. The van der Waals surface area contributed by atoms with Gasteiger partial charge >= 0.3 is 0 Å². The van der Waals surface area contributed by atoms with Crippen molar-refractivity contribution < 1.29 is 4.63 Å². The van der Waals surface area contributed by atoms with Crippen molar-refractivity contribution in [3.63, 3.8) is 0 Å². The molecule has 1 atom stereocenters. The van der Waals surface area contributed by atoms with Crippen LogP contribution >= 0.6 is 11.8 Å². The van der Waals surface area contributed by atoms with Crippen molar-refractivity contribution in [2.24, 2.45) is 0 Å². The van der Waals surface area contributed by atoms with Crippen molar-refractivity contribution in [1.29, 1.82) is 0 Å². The SMILES string of the molecule is CCC(C)Sc1ccc(N)c2nonc12. The van der Waals surface area contributed by atoms with Crippen LogP contribution < -0.4 is 5.73 Å². The molecule has 0 fully saturated rings. The second-order valence-corrected chi connectivity index (χ2v) is 4.93. The molecule has 0 bridgehead atoms. The third kappa shape index (κ3) is 1.92. The number of benzene rings is 1. The van der Waals surface area contributed by atoms with E-state index in [9.17, 15) is 0 Å². The molecule has 4 nitrogen and oxygen atoms in total. The molecule has 2 N–H and O–H groups in total. The maximum absolute atomic E-state index is 5.76. The van der Waals surface area contributed by atoms with Gasteiger partial charge in [0.05, 0.1) is 5.69 Å². The molecular formula is C10H13N3OS. The maximum atomic E-state index is 5.76. The average Bonchev–Trinajstić information content (AvgIpc) is 2.71. The molecule has 15 heavy (non-hydrogen) atoms. The quantitative estimate of drug-likeness (QED) is 0.640. The number of nitrogen functional groups attached to an aromatic ring is 1. The van der Waals surface area contributed by atoms with E-state index in [2.05, 4.69) is 24.2 Å². The summed E-state index contributed by atoms with van der Waals surface area (Å²) < 4.78 is 4.71. The van der Waals surface area contributed by atoms with Gasteiger partial charge in [-0.05, 0) is 28.9 Å². The van der Waals surface area contributed by atoms with Gasteiger partial charge in [0.1, 0.15) is 0 Å². The van der Waals surface area contributed by atoms with Crippen LogP contribution in [0.15, 0.2) is 21.7 Å². The minimum atomic E-state index is 0.550. The van der Waals surface area contributed by atoms with Gasteiger partial charge in [0.15, 0.2) is 11.0 Å². The zero-order valence-corrected chi connectivity index (χ0v) is 9.54. The molecule has 5 heteroatoms. The summed E-state index contributed by atoms with van der Waals surface area (Å²) in [6, 6.07) is 3.82. The lowest BCUT2D eigenvalue weighted by Gasteiger charge is -2.07. The third-order valence-corrected chi connectivity index (χ3v) is 3.63. The highest BCUT2D eigenvalue weighted by molar-refractivity contribution is 8.00. The summed E-state index contributed by atoms with van der Waals surface area (Å²) in [4.78, 5) is 1.08. The molecule has 0 aliphatic heterocycles. The summed E-state index contributed by atoms with van der Waals surface area (Å²) in [7, 11) is 0. The minimum absolute atomic E-state index is 0.550. The Hall–Kier alpha value is -1.23. The second kappa shape index (κ2) is 4.10. The number of rotatable bonds is 3. The topological polar surface area (TPSA) is 64.9 Å². The molecule has 0 aliphatic carbocycles. The van der Waals surface area contributed by atoms with Crippen LogP contribution in [-0.4, -0.2) is 15.6 Å². The van der Waals surface area contributed by atoms with Crippen molar-refractivity contribution in [2.75, 3.05) is 5.73 Å². The Labute approximate surface area is 92.2 Å². The number of fused-ring (bicyclic) bond motifs is 1. The first-order valence-electron chi connectivity index (χ1n) is 4.89. The van der Waals surface area contributed by atoms with Crippen molar-refractivity contribution in [1.82, 2.24) is 10.3 Å². The fourth-order valence-corrected chi connectivity index (χ4v) is 2.25. The highest BCUT2D eigenvalue weighted by Gasteiger charge is 2.12. The lowest BCUT2D eigenvalue weighted by molar-refractivity contribution is 0.315. The van der Waals surface area contributed by atoms with Gasteiger partial charge in [-0.25, -0.2) is 4.63 Å². The van der Waals surface area contributed by atoms with Crippen molar-refractivity contribution in [2.45, 2.75) is 30.4 Å². The number of nitrogens with two attached hydrogens (primary N) is 1. The minimum Gasteiger partial charge on any atom is -0.397 e. The summed E-state index contributed by atoms with van der Waals surface area (Å²) in [6.07, 6.45) is 1.11. The van der Waals surface area contributed by atoms with E-state index in [1.54, 1.807) is 11.8 Å². The Morgan fingerprint density at radius 1 is 1.40 bits per heavy atom. The Kier molecular flexibility index (Phi) is 2.81. The van der Waals surface area contributed by atoms with E-state index in [-0.39, 0.29) is 0 Å². The van der Waals surface area contributed by atoms with E-state index in [0.717, 1.165) is 16.8 Å². The van der Waals surface area contributed by atoms with Gasteiger partial charge in [-0.2, -0.15) is 0 Å². The average molecular weight is 223 g/mol. The van der Waals surface area contributed by atoms with Gasteiger partial charge < -0.3 is 5.73 Å². The number of nitrogens with zero attached hydrogens (tertiary/aromatic N) is 2. The largest absolute Gasteiger partial charge is 0.397 e. The molecule has 2 rings (SSSR count). The van der Waals surface area contributed by atoms with E-state index in [4.69, 9.17) is 10.4 Å². The number of thioether (sulfide) groups is 1. The van der Waals surface area contributed by atoms with E-state index in [1.165, 1.54) is 0 Å². The lowest BCUT2D eigenvalue weighted by Crippen LogP contribution is -1.93. The highest BCUT2D eigenvalue weighted by atomic mass is 32.2. The second-order valence-electron chi connectivity index (χ2n) is 3.45. The Morgan fingerprint density at radius 3 is 2.87 bits per heavy atom. The van der Waals surface area contributed by atoms with Crippen molar-refractivity contribution in [3.8, 4) is 0 Å². The summed E-state index contributed by atoms with van der Waals surface area (Å²) in [6.45, 7) is 4.34. The fraction of sp³-hybridized carbons (Fsp3) is 0.400. The number of hydrogen-bond donors (Lipinski definition) is 1. The summed E-state index contributed by atoms with van der Waals surface area (Å²) >= 11 is 1.77. The Bertz CT molecular complexity index is 469. The van der Waals surface area contributed by atoms with Crippen molar-refractivity contribution in [3.05, 3.63) is 12.1 Å². The molecule has 1 aromatic heterocycles. The van der Waals surface area contributed by atoms with Gasteiger partial charge in [0, 0.05) is 10.1 Å². The van der Waals surface area contributed by atoms with Crippen molar-refractivity contribution >= 4 is 28.5 Å². The molecule has 0 radical (unpaired) electrons. The summed E-state index contributed by atoms with van der Waals surface area (Å²) in [5, 5.41) is 8.22. The van der Waals surface area contributed by atoms with Crippen LogP contribution in [-0.2, 0) is 0 Å². The van der Waals surface area contributed by atoms with Gasteiger partial charge in [-0.3, -0.25) is 0 Å². The van der Waals surface area contributed by atoms with E-state index < -0.39 is 0 Å². The van der Waals surface area contributed by atoms with Crippen LogP contribution in [0.5, 0.6) is 0 Å². The molecule has 0 aliphatic rings. The van der Waals surface area contributed by atoms with Gasteiger partial charge in [-0.15, -0.1) is 11.8 Å². The number of aromatic nitrogens is 2. The zero-order chi connectivity index (χ0) is 10.8. The number of hydrogen-bond acceptors (Lipinski definition) is 5. The maximum Gasteiger partial charge on any atom is 0.159 e. The van der Waals surface area contributed by atoms with E-state index in [1.807, 2.05) is 12.1 Å². The van der Waals surface area contributed by atoms with Crippen LogP contribution in [0.3, 0.4) is 0 Å². The molecule has 0 saturated heterocycles. The lowest BCUT2D eigenvalue weighted by atomic mass is 10.3. The molecule has 80 valence electrons. The predicted octanol–water partition coefficient (Wildman–Crippen LogP) is 2.70. The smallest absolute Gasteiger partial charge is 0.159 e. The molecule has 0 spiro atoms. The summed E-state index contributed by atoms with van der Waals surface area (Å²) in [5.74, 6) is 0. The Balaban J connectivity index is 2.43. The van der Waals surface area contributed by atoms with Gasteiger partial charge in [-0.1, -0.05) is 13.8 Å². The monoisotopic (exact) mass is 223 g/mol. The standard InChI is InChI=1S/C10H13N3OS/c1-3-6(2)15-8-5-4-7(11)9-10(8)13-14-12-9/h4-6H,3,11H2,1-2H3. The number of anilines is 1. The molecule has 2 aromatic rings. The highest BCUT2D eigenvalue weighted by Crippen LogP contribution is 2.32. The van der Waals surface area contributed by atoms with Crippen LogP contribution in [0.25, 0.3) is 11.0 Å². The van der Waals surface area contributed by atoms with Gasteiger partial charge in [0.2, 0.25) is 0 Å². The molecule has 1 unspecified atom stereocenters. The van der Waals surface area contributed by atoms with Crippen LogP contribution in [0.1, 0.15) is 20.3 Å². The first-order valence-corrected chi connectivity index (χ1v) is 5.77. The normalized spacial score (nSPS) is 13.2. The molecular weight excluding hydrogens is 210 g/mol. The molecule has 1 aromatic carbocycles. The van der Waals surface area contributed by atoms with E-state index in [0.29, 0.717) is 16.5 Å².